The summed E-state index contributed by atoms with van der Waals surface area (Å²) >= 11 is 4.22. The maximum Gasteiger partial charge on any atom is 0.251 e. The molecule has 2 unspecified atom stereocenters. The lowest BCUT2D eigenvalue weighted by Crippen LogP contribution is -2.38. The Bertz CT molecular complexity index is 407. The normalized spacial score (nSPS) is 23.0. The maximum absolute atomic E-state index is 12.1. The molecule has 2 nitrogen and oxygen atoms in total. The average molecular weight is 375 g/mol. The lowest BCUT2D eigenvalue weighted by atomic mass is 10.2. The predicted molar refractivity (Wildman–Crippen MR) is 86.2 cm³/mol. The van der Waals surface area contributed by atoms with Gasteiger partial charge in [0, 0.05) is 20.4 Å². The van der Waals surface area contributed by atoms with Crippen molar-refractivity contribution in [3.63, 3.8) is 0 Å². The van der Waals surface area contributed by atoms with Crippen molar-refractivity contribution in [1.29, 1.82) is 0 Å². The highest BCUT2D eigenvalue weighted by atomic mass is 127. The number of benzene rings is 1. The molecule has 1 aliphatic carbocycles. The largest absolute Gasteiger partial charge is 0.348 e. The minimum atomic E-state index is 0.0694. The second-order valence-corrected chi connectivity index (χ2v) is 7.27. The number of nitrogens with one attached hydrogen (secondary N) is 1. The Labute approximate surface area is 126 Å². The van der Waals surface area contributed by atoms with E-state index in [9.17, 15) is 4.79 Å². The minimum absolute atomic E-state index is 0.0694. The van der Waals surface area contributed by atoms with Gasteiger partial charge in [-0.1, -0.05) is 13.3 Å². The zero-order valence-electron chi connectivity index (χ0n) is 10.5. The number of carbonyl (C=O) groups is 1. The molecule has 98 valence electrons. The van der Waals surface area contributed by atoms with E-state index in [1.165, 1.54) is 12.8 Å². The number of halogens is 1. The van der Waals surface area contributed by atoms with Crippen LogP contribution in [0.4, 0.5) is 0 Å². The van der Waals surface area contributed by atoms with Gasteiger partial charge in [0.25, 0.3) is 5.91 Å². The second-order valence-electron chi connectivity index (χ2n) is 4.51. The van der Waals surface area contributed by atoms with Gasteiger partial charge in [0.2, 0.25) is 0 Å². The second kappa shape index (κ2) is 6.80. The molecule has 0 aliphatic heterocycles. The standard InChI is InChI=1S/C14H18INOS/c1-2-18-13-5-3-4-12(13)16-14(17)10-6-8-11(15)9-7-10/h6-9,12-13H,2-5H2,1H3,(H,16,17). The molecule has 1 aromatic rings. The Balaban J connectivity index is 1.96. The summed E-state index contributed by atoms with van der Waals surface area (Å²) in [6.45, 7) is 2.18. The summed E-state index contributed by atoms with van der Waals surface area (Å²) < 4.78 is 1.16. The van der Waals surface area contributed by atoms with Crippen LogP contribution in [-0.4, -0.2) is 23.0 Å². The molecule has 0 bridgehead atoms. The molecule has 0 spiro atoms. The molecule has 4 heteroatoms. The Hall–Kier alpha value is -0.230. The summed E-state index contributed by atoms with van der Waals surface area (Å²) in [6, 6.07) is 8.09. The number of rotatable bonds is 4. The summed E-state index contributed by atoms with van der Waals surface area (Å²) in [7, 11) is 0. The van der Waals surface area contributed by atoms with Crippen LogP contribution in [0.5, 0.6) is 0 Å². The number of amides is 1. The fraction of sp³-hybridized carbons (Fsp3) is 0.500. The van der Waals surface area contributed by atoms with Gasteiger partial charge < -0.3 is 5.32 Å². The zero-order chi connectivity index (χ0) is 13.0. The van der Waals surface area contributed by atoms with Crippen molar-refractivity contribution in [3.05, 3.63) is 33.4 Å². The van der Waals surface area contributed by atoms with E-state index < -0.39 is 0 Å². The number of carbonyl (C=O) groups excluding carboxylic acids is 1. The molecular weight excluding hydrogens is 357 g/mol. The molecule has 1 amide bonds. The predicted octanol–water partition coefficient (Wildman–Crippen LogP) is 3.70. The number of hydrogen-bond donors (Lipinski definition) is 1. The summed E-state index contributed by atoms with van der Waals surface area (Å²) in [5.41, 5.74) is 0.766. The molecule has 1 aliphatic rings. The third-order valence-corrected chi connectivity index (χ3v) is 5.30. The van der Waals surface area contributed by atoms with Crippen molar-refractivity contribution in [2.24, 2.45) is 0 Å². The molecule has 0 aromatic heterocycles. The topological polar surface area (TPSA) is 29.1 Å². The monoisotopic (exact) mass is 375 g/mol. The summed E-state index contributed by atoms with van der Waals surface area (Å²) in [5.74, 6) is 1.20. The first kappa shape index (κ1) is 14.2. The molecule has 1 fully saturated rings. The zero-order valence-corrected chi connectivity index (χ0v) is 13.5. The first-order chi connectivity index (χ1) is 8.70. The average Bonchev–Trinajstić information content (AvgIpc) is 2.78. The molecule has 1 aromatic carbocycles. The molecule has 0 saturated heterocycles. The Morgan fingerprint density at radius 3 is 2.78 bits per heavy atom. The quantitative estimate of drug-likeness (QED) is 0.814. The van der Waals surface area contributed by atoms with Crippen molar-refractivity contribution < 1.29 is 4.79 Å². The van der Waals surface area contributed by atoms with E-state index in [2.05, 4.69) is 34.8 Å². The van der Waals surface area contributed by atoms with Crippen LogP contribution in [0.25, 0.3) is 0 Å². The van der Waals surface area contributed by atoms with E-state index in [1.807, 2.05) is 36.0 Å². The van der Waals surface area contributed by atoms with Gasteiger partial charge in [0.1, 0.15) is 0 Å². The van der Waals surface area contributed by atoms with Gasteiger partial charge in [-0.25, -0.2) is 0 Å². The highest BCUT2D eigenvalue weighted by Gasteiger charge is 2.28. The van der Waals surface area contributed by atoms with Gasteiger partial charge in [0.15, 0.2) is 0 Å². The number of thioether (sulfide) groups is 1. The van der Waals surface area contributed by atoms with E-state index in [4.69, 9.17) is 0 Å². The van der Waals surface area contributed by atoms with Crippen molar-refractivity contribution in [3.8, 4) is 0 Å². The van der Waals surface area contributed by atoms with Crippen LogP contribution in [0.15, 0.2) is 24.3 Å². The van der Waals surface area contributed by atoms with Crippen LogP contribution in [0.2, 0.25) is 0 Å². The molecular formula is C14H18INOS. The summed E-state index contributed by atoms with van der Waals surface area (Å²) in [4.78, 5) is 12.1. The molecule has 2 rings (SSSR count). The van der Waals surface area contributed by atoms with Crippen LogP contribution in [0.1, 0.15) is 36.5 Å². The van der Waals surface area contributed by atoms with E-state index in [1.54, 1.807) is 0 Å². The summed E-state index contributed by atoms with van der Waals surface area (Å²) in [6.07, 6.45) is 3.58. The highest BCUT2D eigenvalue weighted by molar-refractivity contribution is 14.1. The fourth-order valence-corrected chi connectivity index (χ4v) is 3.92. The van der Waals surface area contributed by atoms with Crippen LogP contribution in [0, 0.1) is 3.57 Å². The van der Waals surface area contributed by atoms with Crippen LogP contribution in [0.3, 0.4) is 0 Å². The Kier molecular flexibility index (Phi) is 5.36. The number of hydrogen-bond acceptors (Lipinski definition) is 2. The van der Waals surface area contributed by atoms with Gasteiger partial charge in [-0.15, -0.1) is 0 Å². The van der Waals surface area contributed by atoms with Crippen molar-refractivity contribution in [2.45, 2.75) is 37.5 Å². The smallest absolute Gasteiger partial charge is 0.251 e. The van der Waals surface area contributed by atoms with E-state index in [0.717, 1.165) is 21.3 Å². The fourth-order valence-electron chi connectivity index (χ4n) is 2.36. The minimum Gasteiger partial charge on any atom is -0.348 e. The van der Waals surface area contributed by atoms with Crippen molar-refractivity contribution in [2.75, 3.05) is 5.75 Å². The van der Waals surface area contributed by atoms with E-state index in [0.29, 0.717) is 11.3 Å². The lowest BCUT2D eigenvalue weighted by Gasteiger charge is -2.20. The van der Waals surface area contributed by atoms with E-state index >= 15 is 0 Å². The van der Waals surface area contributed by atoms with Gasteiger partial charge in [-0.2, -0.15) is 11.8 Å². The molecule has 18 heavy (non-hydrogen) atoms. The van der Waals surface area contributed by atoms with Crippen LogP contribution < -0.4 is 5.32 Å². The SMILES string of the molecule is CCSC1CCCC1NC(=O)c1ccc(I)cc1. The van der Waals surface area contributed by atoms with Crippen LogP contribution in [-0.2, 0) is 0 Å². The van der Waals surface area contributed by atoms with Gasteiger partial charge >= 0.3 is 0 Å². The van der Waals surface area contributed by atoms with Crippen molar-refractivity contribution >= 4 is 40.3 Å². The van der Waals surface area contributed by atoms with Crippen LogP contribution >= 0.6 is 34.4 Å². The molecule has 2 atom stereocenters. The van der Waals surface area contributed by atoms with Gasteiger partial charge in [-0.05, 0) is 65.5 Å². The van der Waals surface area contributed by atoms with Crippen molar-refractivity contribution in [1.82, 2.24) is 5.32 Å². The third kappa shape index (κ3) is 3.63. The molecule has 1 saturated carbocycles. The maximum atomic E-state index is 12.1. The first-order valence-electron chi connectivity index (χ1n) is 6.38. The first-order valence-corrected chi connectivity index (χ1v) is 8.51. The highest BCUT2D eigenvalue weighted by Crippen LogP contribution is 2.30. The molecule has 1 N–H and O–H groups in total. The third-order valence-electron chi connectivity index (χ3n) is 3.26. The molecule has 0 radical (unpaired) electrons. The van der Waals surface area contributed by atoms with E-state index in [-0.39, 0.29) is 5.91 Å². The lowest BCUT2D eigenvalue weighted by molar-refractivity contribution is 0.0938. The molecule has 0 heterocycles. The van der Waals surface area contributed by atoms with Gasteiger partial charge in [0.05, 0.1) is 0 Å². The Morgan fingerprint density at radius 1 is 1.39 bits per heavy atom. The Morgan fingerprint density at radius 2 is 2.11 bits per heavy atom. The van der Waals surface area contributed by atoms with Gasteiger partial charge in [-0.3, -0.25) is 4.79 Å². The summed E-state index contributed by atoms with van der Waals surface area (Å²) in [5, 5.41) is 3.79.